The van der Waals surface area contributed by atoms with E-state index in [9.17, 15) is 0 Å². The Morgan fingerprint density at radius 2 is 2.00 bits per heavy atom. The molecule has 0 saturated heterocycles. The number of ether oxygens (including phenoxy) is 1. The van der Waals surface area contributed by atoms with E-state index in [0.717, 1.165) is 22.3 Å². The fourth-order valence-electron chi connectivity index (χ4n) is 2.28. The van der Waals surface area contributed by atoms with Gasteiger partial charge in [-0.05, 0) is 43.2 Å². The number of nitrogens with zero attached hydrogens (tertiary/aromatic N) is 1. The lowest BCUT2D eigenvalue weighted by molar-refractivity contribution is 0.418. The Morgan fingerprint density at radius 1 is 1.28 bits per heavy atom. The number of benzene rings is 1. The van der Waals surface area contributed by atoms with Gasteiger partial charge < -0.3 is 10.5 Å². The summed E-state index contributed by atoms with van der Waals surface area (Å²) in [6, 6.07) is 6.32. The Balaban J connectivity index is 2.72. The molecule has 1 unspecified atom stereocenters. The molecule has 0 aliphatic rings. The Bertz CT molecular complexity index is 578. The van der Waals surface area contributed by atoms with Crippen LogP contribution >= 0.6 is 0 Å². The topological polar surface area (TPSA) is 48.1 Å². The average Bonchev–Trinajstić information content (AvgIpc) is 2.35. The van der Waals surface area contributed by atoms with Crippen molar-refractivity contribution in [2.24, 2.45) is 5.73 Å². The van der Waals surface area contributed by atoms with Crippen LogP contribution in [0.25, 0.3) is 10.9 Å². The fraction of sp³-hybridized carbons (Fsp3) is 0.400. The summed E-state index contributed by atoms with van der Waals surface area (Å²) < 4.78 is 5.42. The molecular weight excluding hydrogens is 224 g/mol. The minimum absolute atomic E-state index is 0.264. The van der Waals surface area contributed by atoms with Gasteiger partial charge in [-0.15, -0.1) is 0 Å². The third kappa shape index (κ3) is 2.18. The number of methoxy groups -OCH3 is 1. The van der Waals surface area contributed by atoms with E-state index >= 15 is 0 Å². The van der Waals surface area contributed by atoms with Crippen LogP contribution in [0.2, 0.25) is 0 Å². The summed E-state index contributed by atoms with van der Waals surface area (Å²) in [7, 11) is 1.68. The number of aryl methyl sites for hydroxylation is 2. The molecule has 0 saturated carbocycles. The quantitative estimate of drug-likeness (QED) is 0.903. The number of rotatable bonds is 3. The molecule has 0 spiro atoms. The molecule has 1 aromatic carbocycles. The van der Waals surface area contributed by atoms with E-state index in [2.05, 4.69) is 32.9 Å². The van der Waals surface area contributed by atoms with Crippen LogP contribution < -0.4 is 10.5 Å². The maximum Gasteiger partial charge on any atom is 0.145 e. The zero-order chi connectivity index (χ0) is 13.3. The van der Waals surface area contributed by atoms with Gasteiger partial charge in [-0.25, -0.2) is 4.98 Å². The van der Waals surface area contributed by atoms with Gasteiger partial charge in [0.25, 0.3) is 0 Å². The molecule has 0 amide bonds. The highest BCUT2D eigenvalue weighted by atomic mass is 16.5. The second kappa shape index (κ2) is 4.94. The van der Waals surface area contributed by atoms with Gasteiger partial charge in [0, 0.05) is 23.5 Å². The van der Waals surface area contributed by atoms with E-state index in [4.69, 9.17) is 15.5 Å². The number of hydrogen-bond donors (Lipinski definition) is 1. The van der Waals surface area contributed by atoms with Crippen molar-refractivity contribution in [3.05, 3.63) is 35.0 Å². The summed E-state index contributed by atoms with van der Waals surface area (Å²) in [6.07, 6.45) is 0. The Hall–Kier alpha value is -1.61. The lowest BCUT2D eigenvalue weighted by atomic mass is 10.00. The van der Waals surface area contributed by atoms with E-state index in [1.54, 1.807) is 7.11 Å². The first-order chi connectivity index (χ1) is 8.56. The second-order valence-electron chi connectivity index (χ2n) is 4.87. The van der Waals surface area contributed by atoms with Crippen LogP contribution in [0.4, 0.5) is 0 Å². The number of nitrogens with two attached hydrogens (primary N) is 1. The zero-order valence-electron chi connectivity index (χ0n) is 11.4. The van der Waals surface area contributed by atoms with Gasteiger partial charge in [0.15, 0.2) is 0 Å². The summed E-state index contributed by atoms with van der Waals surface area (Å²) in [5.41, 5.74) is 10.1. The molecule has 1 heterocycles. The minimum Gasteiger partial charge on any atom is -0.494 e. The average molecular weight is 244 g/mol. The van der Waals surface area contributed by atoms with E-state index in [1.165, 1.54) is 11.1 Å². The van der Waals surface area contributed by atoms with Gasteiger partial charge >= 0.3 is 0 Å². The van der Waals surface area contributed by atoms with Gasteiger partial charge in [-0.2, -0.15) is 0 Å². The second-order valence-corrected chi connectivity index (χ2v) is 4.87. The highest BCUT2D eigenvalue weighted by Gasteiger charge is 2.12. The van der Waals surface area contributed by atoms with Crippen LogP contribution in [0.3, 0.4) is 0 Å². The van der Waals surface area contributed by atoms with Crippen molar-refractivity contribution in [1.82, 2.24) is 4.98 Å². The summed E-state index contributed by atoms with van der Waals surface area (Å²) in [4.78, 5) is 4.75. The minimum atomic E-state index is 0.264. The van der Waals surface area contributed by atoms with Gasteiger partial charge in [-0.3, -0.25) is 0 Å². The van der Waals surface area contributed by atoms with Crippen LogP contribution in [0.1, 0.15) is 29.7 Å². The van der Waals surface area contributed by atoms with E-state index in [0.29, 0.717) is 6.54 Å². The molecular formula is C15H20N2O. The number of aromatic nitrogens is 1. The molecule has 1 atom stereocenters. The van der Waals surface area contributed by atoms with Crippen molar-refractivity contribution in [2.75, 3.05) is 13.7 Å². The maximum absolute atomic E-state index is 5.74. The summed E-state index contributed by atoms with van der Waals surface area (Å²) in [5, 5.41) is 1.12. The molecule has 18 heavy (non-hydrogen) atoms. The molecule has 0 aliphatic carbocycles. The van der Waals surface area contributed by atoms with Crippen molar-refractivity contribution in [3.8, 4) is 5.75 Å². The molecule has 96 valence electrons. The van der Waals surface area contributed by atoms with Crippen molar-refractivity contribution < 1.29 is 4.74 Å². The molecule has 3 nitrogen and oxygen atoms in total. The van der Waals surface area contributed by atoms with E-state index in [-0.39, 0.29) is 5.92 Å². The van der Waals surface area contributed by atoms with Crippen LogP contribution in [-0.4, -0.2) is 18.6 Å². The van der Waals surface area contributed by atoms with Crippen LogP contribution in [0.5, 0.6) is 5.75 Å². The molecule has 2 N–H and O–H groups in total. The SMILES string of the molecule is COc1cc(C)cc2cc(C)c(C(C)CN)nc12. The third-order valence-electron chi connectivity index (χ3n) is 3.30. The van der Waals surface area contributed by atoms with Gasteiger partial charge in [0.2, 0.25) is 0 Å². The first-order valence-electron chi connectivity index (χ1n) is 6.22. The monoisotopic (exact) mass is 244 g/mol. The maximum atomic E-state index is 5.74. The van der Waals surface area contributed by atoms with Crippen LogP contribution in [-0.2, 0) is 0 Å². The summed E-state index contributed by atoms with van der Waals surface area (Å²) >= 11 is 0. The van der Waals surface area contributed by atoms with E-state index in [1.807, 2.05) is 6.07 Å². The van der Waals surface area contributed by atoms with Crippen molar-refractivity contribution >= 4 is 10.9 Å². The zero-order valence-corrected chi connectivity index (χ0v) is 11.4. The summed E-state index contributed by atoms with van der Waals surface area (Å²) in [5.74, 6) is 1.09. The number of fused-ring (bicyclic) bond motifs is 1. The lowest BCUT2D eigenvalue weighted by Gasteiger charge is -2.14. The highest BCUT2D eigenvalue weighted by Crippen LogP contribution is 2.29. The molecule has 2 rings (SSSR count). The molecule has 2 aromatic rings. The van der Waals surface area contributed by atoms with Crippen LogP contribution in [0, 0.1) is 13.8 Å². The lowest BCUT2D eigenvalue weighted by Crippen LogP contribution is -2.12. The smallest absolute Gasteiger partial charge is 0.145 e. The van der Waals surface area contributed by atoms with Gasteiger partial charge in [-0.1, -0.05) is 6.92 Å². The third-order valence-corrected chi connectivity index (χ3v) is 3.30. The molecule has 0 fully saturated rings. The molecule has 0 bridgehead atoms. The fourth-order valence-corrected chi connectivity index (χ4v) is 2.28. The summed E-state index contributed by atoms with van der Waals surface area (Å²) in [6.45, 7) is 6.85. The Labute approximate surface area is 108 Å². The Morgan fingerprint density at radius 3 is 2.61 bits per heavy atom. The highest BCUT2D eigenvalue weighted by molar-refractivity contribution is 5.86. The normalized spacial score (nSPS) is 12.7. The molecule has 1 aromatic heterocycles. The molecule has 3 heteroatoms. The number of pyridine rings is 1. The van der Waals surface area contributed by atoms with Crippen molar-refractivity contribution in [1.29, 1.82) is 0 Å². The van der Waals surface area contributed by atoms with Crippen molar-refractivity contribution in [2.45, 2.75) is 26.7 Å². The largest absolute Gasteiger partial charge is 0.494 e. The predicted molar refractivity (Wildman–Crippen MR) is 75.2 cm³/mol. The Kier molecular flexibility index (Phi) is 3.53. The van der Waals surface area contributed by atoms with Gasteiger partial charge in [0.05, 0.1) is 7.11 Å². The van der Waals surface area contributed by atoms with Gasteiger partial charge in [0.1, 0.15) is 11.3 Å². The first-order valence-corrected chi connectivity index (χ1v) is 6.22. The van der Waals surface area contributed by atoms with Crippen LogP contribution in [0.15, 0.2) is 18.2 Å². The molecule has 0 radical (unpaired) electrons. The van der Waals surface area contributed by atoms with E-state index < -0.39 is 0 Å². The predicted octanol–water partition coefficient (Wildman–Crippen LogP) is 2.92. The standard InChI is InChI=1S/C15H20N2O/c1-9-5-12-7-10(2)14(11(3)8-16)17-15(12)13(6-9)18-4/h5-7,11H,8,16H2,1-4H3. The molecule has 0 aliphatic heterocycles. The number of hydrogen-bond acceptors (Lipinski definition) is 3. The van der Waals surface area contributed by atoms with Crippen molar-refractivity contribution in [3.63, 3.8) is 0 Å². The first kappa shape index (κ1) is 12.8.